The molecule has 0 aliphatic heterocycles. The van der Waals surface area contributed by atoms with Crippen molar-refractivity contribution in [3.05, 3.63) is 181 Å². The largest absolute Gasteiger partial charge is 0.0622 e. The topological polar surface area (TPSA) is 0 Å². The van der Waals surface area contributed by atoms with Crippen molar-refractivity contribution in [2.24, 2.45) is 0 Å². The van der Waals surface area contributed by atoms with Gasteiger partial charge in [-0.15, -0.1) is 0 Å². The molecule has 1 aliphatic rings. The fourth-order valence-electron chi connectivity index (χ4n) is 8.71. The van der Waals surface area contributed by atoms with Crippen molar-refractivity contribution in [1.82, 2.24) is 0 Å². The van der Waals surface area contributed by atoms with Gasteiger partial charge in [-0.3, -0.25) is 0 Å². The van der Waals surface area contributed by atoms with E-state index in [1.807, 2.05) is 0 Å². The molecular weight excluding hydrogens is 589 g/mol. The predicted octanol–water partition coefficient (Wildman–Crippen LogP) is 13.6. The Labute approximate surface area is 286 Å². The maximum absolute atomic E-state index is 2.43. The van der Waals surface area contributed by atoms with E-state index in [2.05, 4.69) is 184 Å². The van der Waals surface area contributed by atoms with E-state index in [1.165, 1.54) is 98.7 Å². The lowest BCUT2D eigenvalue weighted by Gasteiger charge is -2.26. The molecule has 9 aromatic rings. The van der Waals surface area contributed by atoms with E-state index in [0.717, 1.165) is 0 Å². The van der Waals surface area contributed by atoms with E-state index in [4.69, 9.17) is 0 Å². The third kappa shape index (κ3) is 4.17. The van der Waals surface area contributed by atoms with Crippen LogP contribution in [0, 0.1) is 0 Å². The average molecular weight is 623 g/mol. The SMILES string of the molecule is CC1(C)c2cc3ccccc3cc2-c2cccc(-c3c4ccccc4c(-c4ccc5cc(-c6ccccc6)ccc5c4)c4ccccc34)c21. The van der Waals surface area contributed by atoms with Gasteiger partial charge in [0.15, 0.2) is 0 Å². The van der Waals surface area contributed by atoms with E-state index < -0.39 is 0 Å². The van der Waals surface area contributed by atoms with Gasteiger partial charge < -0.3 is 0 Å². The molecule has 0 aromatic heterocycles. The summed E-state index contributed by atoms with van der Waals surface area (Å²) >= 11 is 0. The molecule has 0 unspecified atom stereocenters. The highest BCUT2D eigenvalue weighted by Gasteiger charge is 2.38. The van der Waals surface area contributed by atoms with E-state index in [9.17, 15) is 0 Å². The van der Waals surface area contributed by atoms with Gasteiger partial charge in [0, 0.05) is 5.41 Å². The molecule has 0 spiro atoms. The second kappa shape index (κ2) is 10.5. The quantitative estimate of drug-likeness (QED) is 0.172. The van der Waals surface area contributed by atoms with Crippen molar-refractivity contribution in [1.29, 1.82) is 0 Å². The molecule has 10 rings (SSSR count). The second-order valence-corrected chi connectivity index (χ2v) is 14.1. The fraction of sp³-hybridized carbons (Fsp3) is 0.0612. The molecule has 0 saturated heterocycles. The maximum Gasteiger partial charge on any atom is 0.0165 e. The fourth-order valence-corrected chi connectivity index (χ4v) is 8.71. The lowest BCUT2D eigenvalue weighted by Crippen LogP contribution is -2.16. The van der Waals surface area contributed by atoms with Crippen LogP contribution in [0.25, 0.3) is 87.6 Å². The van der Waals surface area contributed by atoms with Crippen LogP contribution < -0.4 is 0 Å². The summed E-state index contributed by atoms with van der Waals surface area (Å²) in [4.78, 5) is 0. The normalized spacial score (nSPS) is 13.3. The van der Waals surface area contributed by atoms with Gasteiger partial charge in [0.1, 0.15) is 0 Å². The first-order valence-corrected chi connectivity index (χ1v) is 17.3. The van der Waals surface area contributed by atoms with Crippen molar-refractivity contribution >= 4 is 43.1 Å². The lowest BCUT2D eigenvalue weighted by molar-refractivity contribution is 0.663. The van der Waals surface area contributed by atoms with Crippen molar-refractivity contribution < 1.29 is 0 Å². The average Bonchev–Trinajstić information content (AvgIpc) is 3.38. The molecule has 49 heavy (non-hydrogen) atoms. The monoisotopic (exact) mass is 622 g/mol. The standard InChI is InChI=1S/C49H34/c1-49(2)45-30-33-16-7-6-15-32(33)29-44(45)42-21-12-22-43(48(42)49)47-40-19-10-8-17-38(40)46(39-18-9-11-20-41(39)47)37-26-25-35-27-34(23-24-36(35)28-37)31-13-4-3-5-14-31/h3-30H,1-2H3. The first-order valence-electron chi connectivity index (χ1n) is 17.3. The zero-order chi connectivity index (χ0) is 32.7. The minimum atomic E-state index is -0.150. The summed E-state index contributed by atoms with van der Waals surface area (Å²) in [5, 5.41) is 10.3. The number of hydrogen-bond donors (Lipinski definition) is 0. The molecule has 9 aromatic carbocycles. The summed E-state index contributed by atoms with van der Waals surface area (Å²) in [5.74, 6) is 0. The molecule has 230 valence electrons. The molecule has 0 heteroatoms. The molecule has 0 nitrogen and oxygen atoms in total. The summed E-state index contributed by atoms with van der Waals surface area (Å²) in [6, 6.07) is 63.1. The van der Waals surface area contributed by atoms with Crippen LogP contribution >= 0.6 is 0 Å². The molecule has 1 aliphatic carbocycles. The maximum atomic E-state index is 2.43. The first kappa shape index (κ1) is 28.1. The number of fused-ring (bicyclic) bond motifs is 7. The Hall–Kier alpha value is -5.98. The van der Waals surface area contributed by atoms with E-state index >= 15 is 0 Å². The highest BCUT2D eigenvalue weighted by molar-refractivity contribution is 6.22. The van der Waals surface area contributed by atoms with E-state index in [-0.39, 0.29) is 5.41 Å². The number of rotatable bonds is 3. The summed E-state index contributed by atoms with van der Waals surface area (Å²) in [6.45, 7) is 4.82. The lowest BCUT2D eigenvalue weighted by atomic mass is 9.76. The Morgan fingerprint density at radius 1 is 0.327 bits per heavy atom. The van der Waals surface area contributed by atoms with Crippen LogP contribution in [0.2, 0.25) is 0 Å². The minimum Gasteiger partial charge on any atom is -0.0622 e. The van der Waals surface area contributed by atoms with Gasteiger partial charge in [0.2, 0.25) is 0 Å². The van der Waals surface area contributed by atoms with E-state index in [1.54, 1.807) is 0 Å². The molecule has 0 bridgehead atoms. The van der Waals surface area contributed by atoms with Crippen molar-refractivity contribution in [2.45, 2.75) is 19.3 Å². The highest BCUT2D eigenvalue weighted by Crippen LogP contribution is 2.55. The Kier molecular flexibility index (Phi) is 6.02. The van der Waals surface area contributed by atoms with Crippen LogP contribution in [0.4, 0.5) is 0 Å². The zero-order valence-corrected chi connectivity index (χ0v) is 27.7. The van der Waals surface area contributed by atoms with Crippen LogP contribution in [0.1, 0.15) is 25.0 Å². The second-order valence-electron chi connectivity index (χ2n) is 14.1. The Morgan fingerprint density at radius 3 is 1.51 bits per heavy atom. The van der Waals surface area contributed by atoms with Gasteiger partial charge in [0.05, 0.1) is 0 Å². The third-order valence-corrected chi connectivity index (χ3v) is 11.0. The molecule has 0 saturated carbocycles. The smallest absolute Gasteiger partial charge is 0.0165 e. The van der Waals surface area contributed by atoms with Crippen LogP contribution in [0.5, 0.6) is 0 Å². The van der Waals surface area contributed by atoms with Gasteiger partial charge in [0.25, 0.3) is 0 Å². The zero-order valence-electron chi connectivity index (χ0n) is 27.7. The minimum absolute atomic E-state index is 0.150. The van der Waals surface area contributed by atoms with Crippen molar-refractivity contribution in [3.8, 4) is 44.5 Å². The van der Waals surface area contributed by atoms with Crippen molar-refractivity contribution in [2.75, 3.05) is 0 Å². The van der Waals surface area contributed by atoms with Crippen molar-refractivity contribution in [3.63, 3.8) is 0 Å². The predicted molar refractivity (Wildman–Crippen MR) is 210 cm³/mol. The summed E-state index contributed by atoms with van der Waals surface area (Å²) in [5.41, 5.74) is 13.1. The highest BCUT2D eigenvalue weighted by atomic mass is 14.4. The molecule has 0 amide bonds. The molecular formula is C49H34. The summed E-state index contributed by atoms with van der Waals surface area (Å²) in [6.07, 6.45) is 0. The van der Waals surface area contributed by atoms with Gasteiger partial charge in [-0.2, -0.15) is 0 Å². The van der Waals surface area contributed by atoms with Crippen LogP contribution in [-0.4, -0.2) is 0 Å². The van der Waals surface area contributed by atoms with Crippen LogP contribution in [-0.2, 0) is 5.41 Å². The summed E-state index contributed by atoms with van der Waals surface area (Å²) < 4.78 is 0. The molecule has 0 radical (unpaired) electrons. The summed E-state index contributed by atoms with van der Waals surface area (Å²) in [7, 11) is 0. The Balaban J connectivity index is 1.22. The number of benzene rings is 9. The Morgan fingerprint density at radius 2 is 0.837 bits per heavy atom. The molecule has 0 heterocycles. The van der Waals surface area contributed by atoms with Crippen LogP contribution in [0.3, 0.4) is 0 Å². The van der Waals surface area contributed by atoms with Gasteiger partial charge >= 0.3 is 0 Å². The molecule has 0 fully saturated rings. The third-order valence-electron chi connectivity index (χ3n) is 11.0. The molecule has 0 N–H and O–H groups in total. The number of hydrogen-bond acceptors (Lipinski definition) is 0. The first-order chi connectivity index (χ1) is 24.1. The molecule has 0 atom stereocenters. The van der Waals surface area contributed by atoms with Gasteiger partial charge in [-0.1, -0.05) is 159 Å². The van der Waals surface area contributed by atoms with E-state index in [0.29, 0.717) is 0 Å². The van der Waals surface area contributed by atoms with Gasteiger partial charge in [-0.05, 0) is 123 Å². The van der Waals surface area contributed by atoms with Crippen LogP contribution in [0.15, 0.2) is 170 Å². The van der Waals surface area contributed by atoms with Gasteiger partial charge in [-0.25, -0.2) is 0 Å². The Bertz CT molecular complexity index is 2720.